The van der Waals surface area contributed by atoms with E-state index < -0.39 is 0 Å². The summed E-state index contributed by atoms with van der Waals surface area (Å²) in [6.45, 7) is 2.01. The van der Waals surface area contributed by atoms with Crippen molar-refractivity contribution in [3.8, 4) is 0 Å². The Labute approximate surface area is 96.7 Å². The molecule has 16 heavy (non-hydrogen) atoms. The average molecular weight is 223 g/mol. The first kappa shape index (κ1) is 9.86. The summed E-state index contributed by atoms with van der Waals surface area (Å²) in [7, 11) is 0. The van der Waals surface area contributed by atoms with Crippen LogP contribution in [0.15, 0.2) is 0 Å². The van der Waals surface area contributed by atoms with Crippen molar-refractivity contribution in [2.75, 3.05) is 0 Å². The lowest BCUT2D eigenvalue weighted by Crippen LogP contribution is -2.45. The van der Waals surface area contributed by atoms with Gasteiger partial charge in [0.2, 0.25) is 0 Å². The first-order chi connectivity index (χ1) is 7.69. The van der Waals surface area contributed by atoms with Gasteiger partial charge in [0, 0.05) is 6.04 Å². The van der Waals surface area contributed by atoms with Gasteiger partial charge < -0.3 is 15.2 Å². The number of hydrogen-bond donors (Lipinski definition) is 1. The highest BCUT2D eigenvalue weighted by Gasteiger charge is 2.63. The number of nitrogens with two attached hydrogens (primary N) is 1. The maximum absolute atomic E-state index is 6.49. The third kappa shape index (κ3) is 1.05. The quantitative estimate of drug-likeness (QED) is 0.679. The van der Waals surface area contributed by atoms with Gasteiger partial charge >= 0.3 is 0 Å². The van der Waals surface area contributed by atoms with Crippen molar-refractivity contribution in [2.45, 2.75) is 63.6 Å². The zero-order chi connectivity index (χ0) is 10.9. The Kier molecular flexibility index (Phi) is 1.85. The minimum atomic E-state index is 0.00200. The minimum Gasteiger partial charge on any atom is -0.347 e. The summed E-state index contributed by atoms with van der Waals surface area (Å²) in [6.07, 6.45) is 7.11. The molecule has 3 saturated carbocycles. The first-order valence-electron chi connectivity index (χ1n) is 6.75. The molecule has 2 bridgehead atoms. The van der Waals surface area contributed by atoms with Gasteiger partial charge in [-0.25, -0.2) is 0 Å². The standard InChI is InChI=1S/C13H21NO2/c1-7-15-10-5-13(6-11(10)16-7)9-3-2-8(4-9)12(13)14/h7-12H,2-6,14H2,1H3/t7?,8-,9+,10+,11+,12-,13?/m0/s1. The Morgan fingerprint density at radius 1 is 1.12 bits per heavy atom. The van der Waals surface area contributed by atoms with Gasteiger partial charge in [0.05, 0.1) is 12.2 Å². The highest BCUT2D eigenvalue weighted by molar-refractivity contribution is 5.14. The highest BCUT2D eigenvalue weighted by atomic mass is 16.7. The van der Waals surface area contributed by atoms with Crippen LogP contribution in [0.4, 0.5) is 0 Å². The predicted octanol–water partition coefficient (Wildman–Crippen LogP) is 1.65. The van der Waals surface area contributed by atoms with E-state index in [2.05, 4.69) is 0 Å². The molecule has 0 radical (unpaired) electrons. The number of hydrogen-bond acceptors (Lipinski definition) is 3. The van der Waals surface area contributed by atoms with Crippen LogP contribution in [-0.2, 0) is 9.47 Å². The molecule has 1 heterocycles. The van der Waals surface area contributed by atoms with Gasteiger partial charge in [0.15, 0.2) is 6.29 Å². The summed E-state index contributed by atoms with van der Waals surface area (Å²) in [4.78, 5) is 0. The van der Waals surface area contributed by atoms with E-state index in [0.717, 1.165) is 24.7 Å². The normalized spacial score (nSPS) is 54.0. The van der Waals surface area contributed by atoms with E-state index in [1.165, 1.54) is 19.3 Å². The van der Waals surface area contributed by atoms with Crippen LogP contribution in [0.5, 0.6) is 0 Å². The van der Waals surface area contributed by atoms with Crippen molar-refractivity contribution < 1.29 is 9.47 Å². The van der Waals surface area contributed by atoms with Crippen LogP contribution in [0.1, 0.15) is 39.0 Å². The van der Waals surface area contributed by atoms with E-state index in [-0.39, 0.29) is 6.29 Å². The van der Waals surface area contributed by atoms with Crippen LogP contribution in [0.25, 0.3) is 0 Å². The molecule has 3 heteroatoms. The molecule has 0 unspecified atom stereocenters. The molecule has 4 rings (SSSR count). The van der Waals surface area contributed by atoms with Crippen molar-refractivity contribution in [2.24, 2.45) is 23.0 Å². The topological polar surface area (TPSA) is 44.5 Å². The molecular formula is C13H21NO2. The van der Waals surface area contributed by atoms with E-state index in [1.54, 1.807) is 0 Å². The van der Waals surface area contributed by atoms with E-state index in [1.807, 2.05) is 6.92 Å². The lowest BCUT2D eigenvalue weighted by Gasteiger charge is -2.39. The Morgan fingerprint density at radius 2 is 1.81 bits per heavy atom. The SMILES string of the molecule is CC1O[C@@H]2CC3(C[C@H]2O1)[C@@H]1CC[C@@H](C1)[C@@H]3N. The molecule has 4 fully saturated rings. The first-order valence-corrected chi connectivity index (χ1v) is 6.75. The molecule has 90 valence electrons. The molecule has 2 N–H and O–H groups in total. The summed E-state index contributed by atoms with van der Waals surface area (Å²) in [6, 6.07) is 0.416. The second-order valence-corrected chi connectivity index (χ2v) is 6.35. The van der Waals surface area contributed by atoms with Gasteiger partial charge in [-0.3, -0.25) is 0 Å². The summed E-state index contributed by atoms with van der Waals surface area (Å²) < 4.78 is 11.7. The van der Waals surface area contributed by atoms with Crippen molar-refractivity contribution in [1.82, 2.24) is 0 Å². The van der Waals surface area contributed by atoms with Crippen molar-refractivity contribution in [1.29, 1.82) is 0 Å². The lowest BCUT2D eigenvalue weighted by atomic mass is 9.68. The minimum absolute atomic E-state index is 0.00200. The maximum Gasteiger partial charge on any atom is 0.155 e. The molecule has 4 aliphatic rings. The van der Waals surface area contributed by atoms with Crippen LogP contribution in [0.2, 0.25) is 0 Å². The molecule has 1 spiro atoms. The van der Waals surface area contributed by atoms with E-state index in [4.69, 9.17) is 15.2 Å². The highest BCUT2D eigenvalue weighted by Crippen LogP contribution is 2.63. The number of rotatable bonds is 0. The fraction of sp³-hybridized carbons (Fsp3) is 1.00. The van der Waals surface area contributed by atoms with Crippen LogP contribution >= 0.6 is 0 Å². The fourth-order valence-corrected chi connectivity index (χ4v) is 5.10. The van der Waals surface area contributed by atoms with Crippen molar-refractivity contribution >= 4 is 0 Å². The van der Waals surface area contributed by atoms with Gasteiger partial charge in [-0.05, 0) is 56.3 Å². The summed E-state index contributed by atoms with van der Waals surface area (Å²) in [5.74, 6) is 1.65. The molecule has 0 amide bonds. The molecular weight excluding hydrogens is 202 g/mol. The van der Waals surface area contributed by atoms with Gasteiger partial charge in [-0.1, -0.05) is 0 Å². The van der Waals surface area contributed by atoms with Crippen LogP contribution in [-0.4, -0.2) is 24.5 Å². The molecule has 0 aromatic carbocycles. The lowest BCUT2D eigenvalue weighted by molar-refractivity contribution is -0.0774. The molecule has 3 aliphatic carbocycles. The molecule has 1 aliphatic heterocycles. The average Bonchev–Trinajstić information content (AvgIpc) is 2.89. The number of fused-ring (bicyclic) bond motifs is 4. The Hall–Kier alpha value is -0.120. The fourth-order valence-electron chi connectivity index (χ4n) is 5.10. The zero-order valence-corrected chi connectivity index (χ0v) is 9.89. The maximum atomic E-state index is 6.49. The predicted molar refractivity (Wildman–Crippen MR) is 59.7 cm³/mol. The van der Waals surface area contributed by atoms with Crippen molar-refractivity contribution in [3.63, 3.8) is 0 Å². The van der Waals surface area contributed by atoms with E-state index in [9.17, 15) is 0 Å². The van der Waals surface area contributed by atoms with Gasteiger partial charge in [-0.15, -0.1) is 0 Å². The van der Waals surface area contributed by atoms with E-state index >= 15 is 0 Å². The molecule has 1 saturated heterocycles. The summed E-state index contributed by atoms with van der Waals surface area (Å²) in [5.41, 5.74) is 6.86. The number of ether oxygens (including phenoxy) is 2. The van der Waals surface area contributed by atoms with Crippen LogP contribution in [0, 0.1) is 17.3 Å². The third-order valence-corrected chi connectivity index (χ3v) is 5.77. The van der Waals surface area contributed by atoms with Gasteiger partial charge in [0.25, 0.3) is 0 Å². The molecule has 5 atom stereocenters. The van der Waals surface area contributed by atoms with Crippen LogP contribution in [0.3, 0.4) is 0 Å². The van der Waals surface area contributed by atoms with Crippen molar-refractivity contribution in [3.05, 3.63) is 0 Å². The summed E-state index contributed by atoms with van der Waals surface area (Å²) >= 11 is 0. The second kappa shape index (κ2) is 3.01. The molecule has 0 aromatic rings. The van der Waals surface area contributed by atoms with Crippen LogP contribution < -0.4 is 5.73 Å². The third-order valence-electron chi connectivity index (χ3n) is 5.77. The molecule has 3 nitrogen and oxygen atoms in total. The zero-order valence-electron chi connectivity index (χ0n) is 9.89. The Bertz CT molecular complexity index is 301. The smallest absolute Gasteiger partial charge is 0.155 e. The monoisotopic (exact) mass is 223 g/mol. The second-order valence-electron chi connectivity index (χ2n) is 6.35. The summed E-state index contributed by atoms with van der Waals surface area (Å²) in [5, 5.41) is 0. The van der Waals surface area contributed by atoms with E-state index in [0.29, 0.717) is 23.7 Å². The van der Waals surface area contributed by atoms with Gasteiger partial charge in [0.1, 0.15) is 0 Å². The largest absolute Gasteiger partial charge is 0.347 e. The Balaban J connectivity index is 1.62. The molecule has 0 aromatic heterocycles. The van der Waals surface area contributed by atoms with Gasteiger partial charge in [-0.2, -0.15) is 0 Å². The Morgan fingerprint density at radius 3 is 2.38 bits per heavy atom.